The average molecular weight is 332 g/mol. The van der Waals surface area contributed by atoms with E-state index >= 15 is 0 Å². The van der Waals surface area contributed by atoms with E-state index in [9.17, 15) is 4.79 Å². The second-order valence-corrected chi connectivity index (χ2v) is 5.05. The molecule has 5 heteroatoms. The summed E-state index contributed by atoms with van der Waals surface area (Å²) in [5.41, 5.74) is 1.45. The maximum Gasteiger partial charge on any atom is 0.248 e. The first-order valence-electron chi connectivity index (χ1n) is 7.18. The highest BCUT2D eigenvalue weighted by atomic mass is 35.5. The van der Waals surface area contributed by atoms with Gasteiger partial charge in [-0.2, -0.15) is 0 Å². The molecule has 23 heavy (non-hydrogen) atoms. The third-order valence-corrected chi connectivity index (χ3v) is 3.35. The second kappa shape index (κ2) is 8.25. The van der Waals surface area contributed by atoms with Crippen molar-refractivity contribution in [3.8, 4) is 11.5 Å². The van der Waals surface area contributed by atoms with E-state index in [-0.39, 0.29) is 5.91 Å². The normalized spacial score (nSPS) is 10.6. The lowest BCUT2D eigenvalue weighted by Gasteiger charge is -2.07. The lowest BCUT2D eigenvalue weighted by molar-refractivity contribution is -0.111. The van der Waals surface area contributed by atoms with Crippen LogP contribution in [0.3, 0.4) is 0 Å². The minimum atomic E-state index is -0.252. The van der Waals surface area contributed by atoms with Crippen molar-refractivity contribution in [3.05, 3.63) is 59.1 Å². The Labute approximate surface area is 140 Å². The quantitative estimate of drug-likeness (QED) is 0.798. The minimum Gasteiger partial charge on any atom is -0.495 e. The molecule has 0 saturated heterocycles. The molecule has 0 fully saturated rings. The summed E-state index contributed by atoms with van der Waals surface area (Å²) < 4.78 is 10.6. The summed E-state index contributed by atoms with van der Waals surface area (Å²) in [6.45, 7) is 2.49. The van der Waals surface area contributed by atoms with Crippen molar-refractivity contribution in [1.82, 2.24) is 0 Å². The number of anilines is 1. The maximum atomic E-state index is 12.0. The molecule has 0 aliphatic rings. The first kappa shape index (κ1) is 16.9. The van der Waals surface area contributed by atoms with Crippen LogP contribution in [0.5, 0.6) is 11.5 Å². The molecule has 2 aromatic rings. The molecule has 1 N–H and O–H groups in total. The zero-order valence-corrected chi connectivity index (χ0v) is 13.8. The summed E-state index contributed by atoms with van der Waals surface area (Å²) in [7, 11) is 1.54. The SMILES string of the molecule is CCOc1ccccc1/C=C/C(=O)Nc1ccc(OC)c(Cl)c1. The van der Waals surface area contributed by atoms with E-state index in [0.717, 1.165) is 11.3 Å². The van der Waals surface area contributed by atoms with Crippen LogP contribution in [-0.2, 0) is 4.79 Å². The highest BCUT2D eigenvalue weighted by Gasteiger charge is 2.04. The van der Waals surface area contributed by atoms with E-state index in [0.29, 0.717) is 23.1 Å². The highest BCUT2D eigenvalue weighted by molar-refractivity contribution is 6.32. The van der Waals surface area contributed by atoms with Crippen molar-refractivity contribution < 1.29 is 14.3 Å². The Kier molecular flexibility index (Phi) is 6.06. The van der Waals surface area contributed by atoms with Gasteiger partial charge in [0.15, 0.2) is 0 Å². The molecular weight excluding hydrogens is 314 g/mol. The Bertz CT molecular complexity index is 713. The van der Waals surface area contributed by atoms with Gasteiger partial charge in [0.2, 0.25) is 5.91 Å². The molecule has 0 unspecified atom stereocenters. The molecule has 0 radical (unpaired) electrons. The molecule has 0 aliphatic carbocycles. The molecule has 0 saturated carbocycles. The number of carbonyl (C=O) groups excluding carboxylic acids is 1. The summed E-state index contributed by atoms with van der Waals surface area (Å²) in [5, 5.41) is 3.19. The predicted octanol–water partition coefficient (Wildman–Crippen LogP) is 4.40. The molecule has 0 bridgehead atoms. The Morgan fingerprint density at radius 2 is 2.00 bits per heavy atom. The lowest BCUT2D eigenvalue weighted by atomic mass is 10.2. The molecule has 0 spiro atoms. The average Bonchev–Trinajstić information content (AvgIpc) is 2.54. The van der Waals surface area contributed by atoms with Crippen LogP contribution in [-0.4, -0.2) is 19.6 Å². The Morgan fingerprint density at radius 3 is 2.70 bits per heavy atom. The Morgan fingerprint density at radius 1 is 1.22 bits per heavy atom. The van der Waals surface area contributed by atoms with Crippen molar-refractivity contribution in [1.29, 1.82) is 0 Å². The van der Waals surface area contributed by atoms with Gasteiger partial charge in [0.1, 0.15) is 11.5 Å². The number of hydrogen-bond donors (Lipinski definition) is 1. The van der Waals surface area contributed by atoms with Crippen LogP contribution in [0.2, 0.25) is 5.02 Å². The fraction of sp³-hybridized carbons (Fsp3) is 0.167. The number of amides is 1. The highest BCUT2D eigenvalue weighted by Crippen LogP contribution is 2.27. The zero-order valence-electron chi connectivity index (χ0n) is 13.0. The topological polar surface area (TPSA) is 47.6 Å². The molecule has 2 rings (SSSR count). The number of para-hydroxylation sites is 1. The molecule has 0 aromatic heterocycles. The molecule has 1 amide bonds. The molecular formula is C18H18ClNO3. The molecule has 0 aliphatic heterocycles. The molecule has 0 atom stereocenters. The van der Waals surface area contributed by atoms with Crippen molar-refractivity contribution in [2.24, 2.45) is 0 Å². The van der Waals surface area contributed by atoms with E-state index in [1.807, 2.05) is 31.2 Å². The van der Waals surface area contributed by atoms with E-state index in [4.69, 9.17) is 21.1 Å². The van der Waals surface area contributed by atoms with Gasteiger partial charge in [0.25, 0.3) is 0 Å². The third-order valence-electron chi connectivity index (χ3n) is 3.05. The third kappa shape index (κ3) is 4.76. The van der Waals surface area contributed by atoms with Crippen LogP contribution in [0.1, 0.15) is 12.5 Å². The predicted molar refractivity (Wildman–Crippen MR) is 93.3 cm³/mol. The van der Waals surface area contributed by atoms with Gasteiger partial charge in [-0.15, -0.1) is 0 Å². The number of hydrogen-bond acceptors (Lipinski definition) is 3. The molecule has 120 valence electrons. The van der Waals surface area contributed by atoms with Crippen molar-refractivity contribution in [2.45, 2.75) is 6.92 Å². The van der Waals surface area contributed by atoms with Gasteiger partial charge in [-0.3, -0.25) is 4.79 Å². The zero-order chi connectivity index (χ0) is 16.7. The van der Waals surface area contributed by atoms with Gasteiger partial charge >= 0.3 is 0 Å². The van der Waals surface area contributed by atoms with E-state index in [1.165, 1.54) is 13.2 Å². The van der Waals surface area contributed by atoms with Crippen LogP contribution < -0.4 is 14.8 Å². The van der Waals surface area contributed by atoms with Crippen LogP contribution in [0, 0.1) is 0 Å². The fourth-order valence-electron chi connectivity index (χ4n) is 2.00. The second-order valence-electron chi connectivity index (χ2n) is 4.64. The summed E-state index contributed by atoms with van der Waals surface area (Å²) in [4.78, 5) is 12.0. The Hall–Kier alpha value is -2.46. The first-order chi connectivity index (χ1) is 11.1. The van der Waals surface area contributed by atoms with Crippen LogP contribution in [0.25, 0.3) is 6.08 Å². The summed E-state index contributed by atoms with van der Waals surface area (Å²) in [6, 6.07) is 12.6. The minimum absolute atomic E-state index is 0.252. The number of ether oxygens (including phenoxy) is 2. The summed E-state index contributed by atoms with van der Waals surface area (Å²) in [5.74, 6) is 1.05. The Balaban J connectivity index is 2.06. The van der Waals surface area contributed by atoms with E-state index < -0.39 is 0 Å². The van der Waals surface area contributed by atoms with E-state index in [1.54, 1.807) is 24.3 Å². The van der Waals surface area contributed by atoms with Gasteiger partial charge in [0.05, 0.1) is 18.7 Å². The van der Waals surface area contributed by atoms with Crippen LogP contribution >= 0.6 is 11.6 Å². The van der Waals surface area contributed by atoms with Crippen molar-refractivity contribution in [2.75, 3.05) is 19.0 Å². The van der Waals surface area contributed by atoms with Gasteiger partial charge in [-0.1, -0.05) is 29.8 Å². The van der Waals surface area contributed by atoms with Gasteiger partial charge < -0.3 is 14.8 Å². The largest absolute Gasteiger partial charge is 0.495 e. The monoisotopic (exact) mass is 331 g/mol. The molecule has 4 nitrogen and oxygen atoms in total. The van der Waals surface area contributed by atoms with Crippen LogP contribution in [0.15, 0.2) is 48.5 Å². The van der Waals surface area contributed by atoms with Gasteiger partial charge in [-0.05, 0) is 37.3 Å². The van der Waals surface area contributed by atoms with Crippen LogP contribution in [0.4, 0.5) is 5.69 Å². The number of methoxy groups -OCH3 is 1. The van der Waals surface area contributed by atoms with E-state index in [2.05, 4.69) is 5.32 Å². The smallest absolute Gasteiger partial charge is 0.248 e. The summed E-state index contributed by atoms with van der Waals surface area (Å²) >= 11 is 6.03. The lowest BCUT2D eigenvalue weighted by Crippen LogP contribution is -2.07. The van der Waals surface area contributed by atoms with Crippen molar-refractivity contribution in [3.63, 3.8) is 0 Å². The summed E-state index contributed by atoms with van der Waals surface area (Å²) in [6.07, 6.45) is 3.17. The fourth-order valence-corrected chi connectivity index (χ4v) is 2.26. The number of carbonyl (C=O) groups is 1. The number of benzene rings is 2. The molecule has 0 heterocycles. The first-order valence-corrected chi connectivity index (χ1v) is 7.56. The van der Waals surface area contributed by atoms with Gasteiger partial charge in [-0.25, -0.2) is 0 Å². The number of nitrogens with one attached hydrogen (secondary N) is 1. The maximum absolute atomic E-state index is 12.0. The number of halogens is 1. The standard InChI is InChI=1S/C18H18ClNO3/c1-3-23-16-7-5-4-6-13(16)8-11-18(21)20-14-9-10-17(22-2)15(19)12-14/h4-12H,3H2,1-2H3,(H,20,21)/b11-8+. The van der Waals surface area contributed by atoms with Gasteiger partial charge in [0, 0.05) is 17.3 Å². The van der Waals surface area contributed by atoms with Crippen molar-refractivity contribution >= 4 is 29.3 Å². The number of rotatable bonds is 6. The molecule has 2 aromatic carbocycles.